The normalized spacial score (nSPS) is 35.6. The van der Waals surface area contributed by atoms with Crippen molar-refractivity contribution in [2.75, 3.05) is 13.1 Å². The molecule has 2 aromatic carbocycles. The Bertz CT molecular complexity index is 671. The van der Waals surface area contributed by atoms with E-state index in [1.54, 1.807) is 0 Å². The first-order chi connectivity index (χ1) is 11.1. The van der Waals surface area contributed by atoms with Crippen molar-refractivity contribution in [3.05, 3.63) is 71.8 Å². The summed E-state index contributed by atoms with van der Waals surface area (Å²) in [5.41, 5.74) is 6.44. The van der Waals surface area contributed by atoms with Crippen LogP contribution in [0.3, 0.4) is 0 Å². The van der Waals surface area contributed by atoms with Crippen LogP contribution in [0.15, 0.2) is 60.7 Å². The van der Waals surface area contributed by atoms with Gasteiger partial charge in [-0.2, -0.15) is 5.43 Å². The number of halogens is 1. The third-order valence-corrected chi connectivity index (χ3v) is 6.52. The van der Waals surface area contributed by atoms with Crippen molar-refractivity contribution in [1.82, 2.24) is 5.43 Å². The van der Waals surface area contributed by atoms with Crippen molar-refractivity contribution in [1.29, 1.82) is 0 Å². The topological polar surface area (TPSA) is 12.0 Å². The van der Waals surface area contributed by atoms with Crippen LogP contribution >= 0.6 is 11.6 Å². The highest BCUT2D eigenvalue weighted by Crippen LogP contribution is 2.52. The molecule has 2 heterocycles. The third-order valence-electron chi connectivity index (χ3n) is 5.91. The summed E-state index contributed by atoms with van der Waals surface area (Å²) >= 11 is 7.05. The van der Waals surface area contributed by atoms with E-state index in [1.807, 2.05) is 0 Å². The fourth-order valence-corrected chi connectivity index (χ4v) is 4.75. The van der Waals surface area contributed by atoms with Crippen molar-refractivity contribution >= 4 is 11.6 Å². The number of alkyl halides is 1. The zero-order valence-electron chi connectivity index (χ0n) is 13.6. The maximum atomic E-state index is 7.05. The highest BCUT2D eigenvalue weighted by molar-refractivity contribution is 6.23. The molecule has 2 nitrogen and oxygen atoms in total. The standard InChI is InChI=1S/C20H24ClN2/c1-20(21)18(12-16-8-4-2-5-9-16)15-23(20)19(14-22-23)13-17-10-6-3-7-11-17/h2-11,18-19,22H,12-15H2,1H3/q+1. The van der Waals surface area contributed by atoms with Crippen LogP contribution in [-0.4, -0.2) is 28.7 Å². The molecular weight excluding hydrogens is 304 g/mol. The first-order valence-corrected chi connectivity index (χ1v) is 8.89. The van der Waals surface area contributed by atoms with Crippen LogP contribution in [0.5, 0.6) is 0 Å². The first kappa shape index (κ1) is 15.2. The van der Waals surface area contributed by atoms with Crippen LogP contribution < -0.4 is 5.43 Å². The Morgan fingerprint density at radius 3 is 2.04 bits per heavy atom. The van der Waals surface area contributed by atoms with Crippen LogP contribution in [0.2, 0.25) is 0 Å². The predicted octanol–water partition coefficient (Wildman–Crippen LogP) is 3.76. The van der Waals surface area contributed by atoms with Gasteiger partial charge in [0.2, 0.25) is 0 Å². The highest BCUT2D eigenvalue weighted by Gasteiger charge is 2.70. The lowest BCUT2D eigenvalue weighted by atomic mass is 9.78. The lowest BCUT2D eigenvalue weighted by molar-refractivity contribution is -1.10. The van der Waals surface area contributed by atoms with Gasteiger partial charge in [0.15, 0.2) is 5.00 Å². The molecule has 4 unspecified atom stereocenters. The van der Waals surface area contributed by atoms with Gasteiger partial charge in [-0.15, -0.1) is 0 Å². The molecule has 23 heavy (non-hydrogen) atoms. The number of benzene rings is 2. The van der Waals surface area contributed by atoms with E-state index >= 15 is 0 Å². The van der Waals surface area contributed by atoms with E-state index in [2.05, 4.69) is 73.0 Å². The van der Waals surface area contributed by atoms with E-state index < -0.39 is 0 Å². The summed E-state index contributed by atoms with van der Waals surface area (Å²) in [5.74, 6) is 0.526. The second kappa shape index (κ2) is 5.62. The Balaban J connectivity index is 1.46. The molecule has 0 aliphatic carbocycles. The van der Waals surface area contributed by atoms with E-state index in [4.69, 9.17) is 11.6 Å². The van der Waals surface area contributed by atoms with Gasteiger partial charge in [0.1, 0.15) is 12.6 Å². The molecule has 0 radical (unpaired) electrons. The number of hydrogen-bond donors (Lipinski definition) is 1. The summed E-state index contributed by atoms with van der Waals surface area (Å²) in [4.78, 5) is -0.215. The van der Waals surface area contributed by atoms with Gasteiger partial charge in [0, 0.05) is 13.3 Å². The SMILES string of the molecule is CC1(Cl)C(Cc2ccccc2)C[N+]12NCC2Cc1ccccc1. The first-order valence-electron chi connectivity index (χ1n) is 8.51. The van der Waals surface area contributed by atoms with Gasteiger partial charge in [0.05, 0.1) is 12.5 Å². The minimum Gasteiger partial charge on any atom is -0.223 e. The maximum absolute atomic E-state index is 7.05. The van der Waals surface area contributed by atoms with Crippen LogP contribution in [-0.2, 0) is 12.8 Å². The van der Waals surface area contributed by atoms with Crippen LogP contribution in [0, 0.1) is 5.92 Å². The highest BCUT2D eigenvalue weighted by atomic mass is 35.5. The van der Waals surface area contributed by atoms with Crippen LogP contribution in [0.4, 0.5) is 0 Å². The molecule has 2 aromatic rings. The van der Waals surface area contributed by atoms with Crippen molar-refractivity contribution in [2.45, 2.75) is 30.8 Å². The summed E-state index contributed by atoms with van der Waals surface area (Å²) in [7, 11) is 0. The van der Waals surface area contributed by atoms with Gasteiger partial charge < -0.3 is 0 Å². The average molecular weight is 328 g/mol. The zero-order chi connectivity index (χ0) is 15.9. The minimum atomic E-state index is -0.215. The summed E-state index contributed by atoms with van der Waals surface area (Å²) < 4.78 is 0.876. The Hall–Kier alpha value is -1.35. The van der Waals surface area contributed by atoms with Gasteiger partial charge in [-0.25, -0.2) is 4.59 Å². The lowest BCUT2D eigenvalue weighted by Crippen LogP contribution is -2.92. The Labute approximate surface area is 143 Å². The third kappa shape index (κ3) is 2.40. The summed E-state index contributed by atoms with van der Waals surface area (Å²) in [6.45, 7) is 4.41. The molecule has 1 N–H and O–H groups in total. The van der Waals surface area contributed by atoms with Crippen molar-refractivity contribution in [3.63, 3.8) is 0 Å². The molecule has 0 amide bonds. The molecule has 120 valence electrons. The van der Waals surface area contributed by atoms with Gasteiger partial charge in [-0.05, 0) is 17.5 Å². The van der Waals surface area contributed by atoms with Gasteiger partial charge in [-0.1, -0.05) is 72.3 Å². The van der Waals surface area contributed by atoms with Gasteiger partial charge in [-0.3, -0.25) is 0 Å². The zero-order valence-corrected chi connectivity index (χ0v) is 14.3. The number of nitrogens with zero attached hydrogens (tertiary/aromatic N) is 1. The second-order valence-electron chi connectivity index (χ2n) is 7.17. The molecule has 4 atom stereocenters. The fraction of sp³-hybridized carbons (Fsp3) is 0.400. The second-order valence-corrected chi connectivity index (χ2v) is 7.93. The molecule has 1 spiro atoms. The van der Waals surface area contributed by atoms with E-state index in [0.29, 0.717) is 12.0 Å². The van der Waals surface area contributed by atoms with E-state index in [9.17, 15) is 0 Å². The van der Waals surface area contributed by atoms with Crippen LogP contribution in [0.25, 0.3) is 0 Å². The molecule has 2 fully saturated rings. The monoisotopic (exact) mass is 327 g/mol. The molecule has 4 rings (SSSR count). The summed E-state index contributed by atoms with van der Waals surface area (Å²) in [5, 5.41) is 0. The minimum absolute atomic E-state index is 0.215. The Kier molecular flexibility index (Phi) is 3.72. The molecule has 2 aliphatic rings. The average Bonchev–Trinajstić information content (AvgIpc) is 2.57. The fourth-order valence-electron chi connectivity index (χ4n) is 4.34. The largest absolute Gasteiger partial charge is 0.223 e. The molecular formula is C20H24ClN2+. The quantitative estimate of drug-likeness (QED) is 0.512. The van der Waals surface area contributed by atoms with E-state index in [1.165, 1.54) is 11.1 Å². The van der Waals surface area contributed by atoms with Crippen LogP contribution in [0.1, 0.15) is 18.1 Å². The molecule has 0 bridgehead atoms. The Morgan fingerprint density at radius 2 is 1.57 bits per heavy atom. The molecule has 2 saturated heterocycles. The van der Waals surface area contributed by atoms with Gasteiger partial charge >= 0.3 is 0 Å². The number of hydrogen-bond acceptors (Lipinski definition) is 1. The molecule has 3 heteroatoms. The van der Waals surface area contributed by atoms with E-state index in [0.717, 1.165) is 30.5 Å². The van der Waals surface area contributed by atoms with Gasteiger partial charge in [0.25, 0.3) is 0 Å². The van der Waals surface area contributed by atoms with E-state index in [-0.39, 0.29) is 5.00 Å². The maximum Gasteiger partial charge on any atom is 0.198 e. The van der Waals surface area contributed by atoms with Crippen molar-refractivity contribution in [3.8, 4) is 0 Å². The van der Waals surface area contributed by atoms with Crippen molar-refractivity contribution in [2.24, 2.45) is 5.92 Å². The summed E-state index contributed by atoms with van der Waals surface area (Å²) in [6.07, 6.45) is 2.18. The molecule has 2 aliphatic heterocycles. The number of nitrogens with one attached hydrogen (secondary N) is 1. The smallest absolute Gasteiger partial charge is 0.198 e. The van der Waals surface area contributed by atoms with Crippen molar-refractivity contribution < 1.29 is 4.59 Å². The lowest BCUT2D eigenvalue weighted by Gasteiger charge is -2.68. The molecule has 0 saturated carbocycles. The predicted molar refractivity (Wildman–Crippen MR) is 95.0 cm³/mol. The Morgan fingerprint density at radius 1 is 1.00 bits per heavy atom. The summed E-state index contributed by atoms with van der Waals surface area (Å²) in [6, 6.07) is 22.1. The number of quaternary nitrogens is 1. The molecule has 0 aromatic heterocycles. The number of rotatable bonds is 4.